The van der Waals surface area contributed by atoms with Gasteiger partial charge in [-0.1, -0.05) is 0 Å². The second kappa shape index (κ2) is 3.57. The third-order valence-corrected chi connectivity index (χ3v) is 2.06. The summed E-state index contributed by atoms with van der Waals surface area (Å²) in [6.45, 7) is 3.02. The summed E-state index contributed by atoms with van der Waals surface area (Å²) < 4.78 is 6.98. The molecule has 0 aromatic carbocycles. The molecule has 0 N–H and O–H groups in total. The van der Waals surface area contributed by atoms with Crippen LogP contribution in [0.1, 0.15) is 10.5 Å². The van der Waals surface area contributed by atoms with E-state index in [2.05, 4.69) is 4.98 Å². The first-order chi connectivity index (χ1) is 6.42. The molecule has 1 saturated heterocycles. The number of carbonyl (C=O) groups is 1. The molecule has 1 aromatic rings. The van der Waals surface area contributed by atoms with Gasteiger partial charge in [0.05, 0.1) is 32.5 Å². The molecule has 2 heterocycles. The van der Waals surface area contributed by atoms with Crippen molar-refractivity contribution in [2.24, 2.45) is 0 Å². The van der Waals surface area contributed by atoms with Gasteiger partial charge in [0, 0.05) is 0 Å². The molecular formula is C8H11N3O2. The van der Waals surface area contributed by atoms with Crippen molar-refractivity contribution in [3.05, 3.63) is 18.2 Å². The van der Waals surface area contributed by atoms with Crippen molar-refractivity contribution < 1.29 is 9.53 Å². The van der Waals surface area contributed by atoms with E-state index in [1.807, 2.05) is 5.01 Å². The van der Waals surface area contributed by atoms with Crippen LogP contribution in [-0.2, 0) is 4.74 Å². The van der Waals surface area contributed by atoms with Crippen molar-refractivity contribution in [1.82, 2.24) is 9.66 Å². The molecule has 5 nitrogen and oxygen atoms in total. The van der Waals surface area contributed by atoms with Gasteiger partial charge in [0.15, 0.2) is 6.29 Å². The van der Waals surface area contributed by atoms with Gasteiger partial charge in [-0.2, -0.15) is 0 Å². The predicted molar refractivity (Wildman–Crippen MR) is 46.4 cm³/mol. The van der Waals surface area contributed by atoms with E-state index in [0.717, 1.165) is 19.4 Å². The van der Waals surface area contributed by atoms with Crippen LogP contribution in [0.3, 0.4) is 0 Å². The van der Waals surface area contributed by atoms with Gasteiger partial charge in [0.2, 0.25) is 0 Å². The van der Waals surface area contributed by atoms with E-state index in [0.29, 0.717) is 18.9 Å². The minimum atomic E-state index is 0.585. The van der Waals surface area contributed by atoms with Gasteiger partial charge in [-0.25, -0.2) is 9.66 Å². The fourth-order valence-corrected chi connectivity index (χ4v) is 1.39. The summed E-state index contributed by atoms with van der Waals surface area (Å²) in [5.41, 5.74) is 0.585. The van der Waals surface area contributed by atoms with Gasteiger partial charge in [-0.15, -0.1) is 0 Å². The molecular weight excluding hydrogens is 170 g/mol. The quantitative estimate of drug-likeness (QED) is 0.586. The Balaban J connectivity index is 2.17. The largest absolute Gasteiger partial charge is 0.378 e. The zero-order chi connectivity index (χ0) is 9.10. The number of imidazole rings is 1. The number of ether oxygens (including phenoxy) is 1. The maximum absolute atomic E-state index is 10.6. The molecule has 0 radical (unpaired) electrons. The van der Waals surface area contributed by atoms with Crippen molar-refractivity contribution in [2.45, 2.75) is 0 Å². The lowest BCUT2D eigenvalue weighted by Gasteiger charge is -2.29. The topological polar surface area (TPSA) is 47.4 Å². The Labute approximate surface area is 75.9 Å². The lowest BCUT2D eigenvalue weighted by molar-refractivity contribution is 0.106. The van der Waals surface area contributed by atoms with E-state index < -0.39 is 0 Å². The zero-order valence-corrected chi connectivity index (χ0v) is 7.22. The second-order valence-electron chi connectivity index (χ2n) is 2.85. The summed E-state index contributed by atoms with van der Waals surface area (Å²) in [7, 11) is 0. The summed E-state index contributed by atoms with van der Waals surface area (Å²) in [6.07, 6.45) is 4.01. The van der Waals surface area contributed by atoms with E-state index in [1.54, 1.807) is 17.2 Å². The summed E-state index contributed by atoms with van der Waals surface area (Å²) in [5.74, 6) is 0. The van der Waals surface area contributed by atoms with Crippen LogP contribution < -0.4 is 5.01 Å². The first kappa shape index (κ1) is 8.25. The van der Waals surface area contributed by atoms with Crippen LogP contribution in [-0.4, -0.2) is 42.2 Å². The Bertz CT molecular complexity index is 291. The van der Waals surface area contributed by atoms with Gasteiger partial charge in [0.1, 0.15) is 12.0 Å². The first-order valence-electron chi connectivity index (χ1n) is 4.22. The Morgan fingerprint density at radius 3 is 2.92 bits per heavy atom. The van der Waals surface area contributed by atoms with Crippen molar-refractivity contribution in [2.75, 3.05) is 31.3 Å². The third kappa shape index (κ3) is 1.55. The van der Waals surface area contributed by atoms with Crippen LogP contribution in [0.25, 0.3) is 0 Å². The van der Waals surface area contributed by atoms with E-state index in [4.69, 9.17) is 4.74 Å². The number of hydrogen-bond acceptors (Lipinski definition) is 4. The molecule has 1 aromatic heterocycles. The van der Waals surface area contributed by atoms with Gasteiger partial charge >= 0.3 is 0 Å². The molecule has 0 spiro atoms. The maximum atomic E-state index is 10.6. The van der Waals surface area contributed by atoms with Crippen molar-refractivity contribution in [3.63, 3.8) is 0 Å². The monoisotopic (exact) mass is 181 g/mol. The third-order valence-electron chi connectivity index (χ3n) is 2.06. The van der Waals surface area contributed by atoms with E-state index >= 15 is 0 Å². The lowest BCUT2D eigenvalue weighted by atomic mass is 10.5. The number of nitrogens with zero attached hydrogens (tertiary/aromatic N) is 3. The number of aldehydes is 1. The molecule has 2 rings (SSSR count). The van der Waals surface area contributed by atoms with Gasteiger partial charge in [-0.05, 0) is 0 Å². The molecule has 1 aliphatic rings. The van der Waals surface area contributed by atoms with Gasteiger partial charge < -0.3 is 9.75 Å². The molecule has 0 aliphatic carbocycles. The van der Waals surface area contributed by atoms with E-state index in [1.165, 1.54) is 0 Å². The number of rotatable bonds is 2. The number of carbonyl (C=O) groups excluding carboxylic acids is 1. The fraction of sp³-hybridized carbons (Fsp3) is 0.500. The Hall–Kier alpha value is -1.36. The van der Waals surface area contributed by atoms with Crippen LogP contribution >= 0.6 is 0 Å². The highest BCUT2D eigenvalue weighted by Gasteiger charge is 2.12. The minimum Gasteiger partial charge on any atom is -0.378 e. The van der Waals surface area contributed by atoms with E-state index in [-0.39, 0.29) is 0 Å². The first-order valence-corrected chi connectivity index (χ1v) is 4.22. The Morgan fingerprint density at radius 1 is 1.46 bits per heavy atom. The highest BCUT2D eigenvalue weighted by atomic mass is 16.5. The van der Waals surface area contributed by atoms with Gasteiger partial charge in [-0.3, -0.25) is 4.79 Å². The average molecular weight is 181 g/mol. The number of morpholine rings is 1. The van der Waals surface area contributed by atoms with Crippen LogP contribution in [0, 0.1) is 0 Å². The standard InChI is InChI=1S/C8H11N3O2/c12-6-8-5-9-7-11(8)10-1-3-13-4-2-10/h5-7H,1-4H2. The zero-order valence-electron chi connectivity index (χ0n) is 7.22. The predicted octanol–water partition coefficient (Wildman–Crippen LogP) is -0.336. The molecule has 5 heteroatoms. The summed E-state index contributed by atoms with van der Waals surface area (Å²) in [4.78, 5) is 14.5. The van der Waals surface area contributed by atoms with Crippen molar-refractivity contribution in [1.29, 1.82) is 0 Å². The number of aromatic nitrogens is 2. The Morgan fingerprint density at radius 2 is 2.23 bits per heavy atom. The fourth-order valence-electron chi connectivity index (χ4n) is 1.39. The molecule has 0 unspecified atom stereocenters. The Kier molecular flexibility index (Phi) is 2.27. The lowest BCUT2D eigenvalue weighted by Crippen LogP contribution is -2.44. The van der Waals surface area contributed by atoms with Gasteiger partial charge in [0.25, 0.3) is 0 Å². The molecule has 1 fully saturated rings. The average Bonchev–Trinajstić information content (AvgIpc) is 2.67. The normalized spacial score (nSPS) is 17.4. The highest BCUT2D eigenvalue weighted by molar-refractivity contribution is 5.71. The molecule has 1 aliphatic heterocycles. The second-order valence-corrected chi connectivity index (χ2v) is 2.85. The van der Waals surface area contributed by atoms with Crippen LogP contribution in [0.5, 0.6) is 0 Å². The molecule has 0 saturated carbocycles. The molecule has 13 heavy (non-hydrogen) atoms. The summed E-state index contributed by atoms with van der Waals surface area (Å²) in [6, 6.07) is 0. The molecule has 0 atom stereocenters. The SMILES string of the molecule is O=Cc1cncn1N1CCOCC1. The smallest absolute Gasteiger partial charge is 0.170 e. The summed E-state index contributed by atoms with van der Waals surface area (Å²) >= 11 is 0. The highest BCUT2D eigenvalue weighted by Crippen LogP contribution is 2.01. The van der Waals surface area contributed by atoms with Crippen LogP contribution in [0.2, 0.25) is 0 Å². The van der Waals surface area contributed by atoms with Crippen molar-refractivity contribution >= 4 is 6.29 Å². The molecule has 0 amide bonds. The maximum Gasteiger partial charge on any atom is 0.170 e. The van der Waals surface area contributed by atoms with Crippen LogP contribution in [0.15, 0.2) is 12.5 Å². The molecule has 0 bridgehead atoms. The minimum absolute atomic E-state index is 0.585. The van der Waals surface area contributed by atoms with E-state index in [9.17, 15) is 4.79 Å². The summed E-state index contributed by atoms with van der Waals surface area (Å²) in [5, 5.41) is 2.04. The van der Waals surface area contributed by atoms with Crippen molar-refractivity contribution in [3.8, 4) is 0 Å². The van der Waals surface area contributed by atoms with Crippen LogP contribution in [0.4, 0.5) is 0 Å². The number of hydrogen-bond donors (Lipinski definition) is 0. The molecule has 70 valence electrons.